The van der Waals surface area contributed by atoms with E-state index in [0.717, 1.165) is 29.4 Å². The molecule has 0 saturated heterocycles. The van der Waals surface area contributed by atoms with Gasteiger partial charge in [0.2, 0.25) is 0 Å². The van der Waals surface area contributed by atoms with Gasteiger partial charge in [-0.1, -0.05) is 12.1 Å². The van der Waals surface area contributed by atoms with Crippen LogP contribution in [0.1, 0.15) is 28.8 Å². The molecule has 0 spiro atoms. The monoisotopic (exact) mass is 212 g/mol. The number of nitrogens with two attached hydrogens (primary N) is 1. The summed E-state index contributed by atoms with van der Waals surface area (Å²) < 4.78 is 0. The number of aryl methyl sites for hydroxylation is 3. The average Bonchev–Trinajstić information content (AvgIpc) is 2.73. The van der Waals surface area contributed by atoms with Gasteiger partial charge in [0.25, 0.3) is 0 Å². The smallest absolute Gasteiger partial charge is 0.0757 e. The first-order valence-electron chi connectivity index (χ1n) is 5.85. The molecule has 1 aliphatic carbocycles. The van der Waals surface area contributed by atoms with Gasteiger partial charge in [-0.25, -0.2) is 0 Å². The Bertz CT molecular complexity index is 585. The second-order valence-corrected chi connectivity index (χ2v) is 4.71. The van der Waals surface area contributed by atoms with Crippen molar-refractivity contribution in [2.24, 2.45) is 0 Å². The van der Waals surface area contributed by atoms with Gasteiger partial charge in [0.1, 0.15) is 0 Å². The van der Waals surface area contributed by atoms with Crippen LogP contribution < -0.4 is 5.73 Å². The van der Waals surface area contributed by atoms with Crippen molar-refractivity contribution in [2.45, 2.75) is 33.1 Å². The lowest BCUT2D eigenvalue weighted by atomic mass is 10.0. The van der Waals surface area contributed by atoms with Crippen LogP contribution in [0.15, 0.2) is 12.1 Å². The molecule has 0 unspecified atom stereocenters. The fourth-order valence-corrected chi connectivity index (χ4v) is 2.60. The molecule has 0 aliphatic heterocycles. The van der Waals surface area contributed by atoms with E-state index in [9.17, 15) is 0 Å². The van der Waals surface area contributed by atoms with Crippen molar-refractivity contribution in [3.05, 3.63) is 34.5 Å². The predicted octanol–water partition coefficient (Wildman–Crippen LogP) is 2.92. The van der Waals surface area contributed by atoms with E-state index in [1.165, 1.54) is 28.8 Å². The van der Waals surface area contributed by atoms with Gasteiger partial charge in [0.15, 0.2) is 0 Å². The van der Waals surface area contributed by atoms with Gasteiger partial charge in [0, 0.05) is 16.8 Å². The Morgan fingerprint density at radius 3 is 2.81 bits per heavy atom. The van der Waals surface area contributed by atoms with Crippen molar-refractivity contribution in [1.82, 2.24) is 4.98 Å². The van der Waals surface area contributed by atoms with E-state index in [0.29, 0.717) is 0 Å². The Kier molecular flexibility index (Phi) is 1.93. The third-order valence-corrected chi connectivity index (χ3v) is 3.75. The van der Waals surface area contributed by atoms with E-state index in [2.05, 4.69) is 26.0 Å². The number of pyridine rings is 1. The fourth-order valence-electron chi connectivity index (χ4n) is 2.60. The molecule has 1 heterocycles. The van der Waals surface area contributed by atoms with E-state index in [-0.39, 0.29) is 0 Å². The molecule has 0 radical (unpaired) electrons. The average molecular weight is 212 g/mol. The first-order chi connectivity index (χ1) is 7.68. The molecule has 2 heteroatoms. The Labute approximate surface area is 95.5 Å². The normalized spacial score (nSPS) is 14.4. The van der Waals surface area contributed by atoms with Crippen LogP contribution >= 0.6 is 0 Å². The zero-order valence-electron chi connectivity index (χ0n) is 9.80. The fraction of sp³-hybridized carbons (Fsp3) is 0.357. The van der Waals surface area contributed by atoms with Gasteiger partial charge in [-0.15, -0.1) is 0 Å². The van der Waals surface area contributed by atoms with Crippen LogP contribution in [-0.2, 0) is 12.8 Å². The molecule has 16 heavy (non-hydrogen) atoms. The maximum absolute atomic E-state index is 6.25. The summed E-state index contributed by atoms with van der Waals surface area (Å²) in [6.45, 7) is 4.26. The summed E-state index contributed by atoms with van der Waals surface area (Å²) in [6.07, 6.45) is 3.38. The Morgan fingerprint density at radius 1 is 1.19 bits per heavy atom. The second-order valence-electron chi connectivity index (χ2n) is 4.71. The number of hydrogen-bond acceptors (Lipinski definition) is 2. The molecular formula is C14H16N2. The molecule has 0 bridgehead atoms. The highest BCUT2D eigenvalue weighted by Crippen LogP contribution is 2.33. The molecule has 2 aromatic rings. The summed E-state index contributed by atoms with van der Waals surface area (Å²) in [7, 11) is 0. The molecule has 0 fully saturated rings. The minimum atomic E-state index is 0.959. The molecule has 0 atom stereocenters. The van der Waals surface area contributed by atoms with Gasteiger partial charge in [0.05, 0.1) is 5.52 Å². The van der Waals surface area contributed by atoms with Crippen LogP contribution in [0, 0.1) is 13.8 Å². The third-order valence-electron chi connectivity index (χ3n) is 3.75. The lowest BCUT2D eigenvalue weighted by Crippen LogP contribution is -2.00. The molecule has 2 nitrogen and oxygen atoms in total. The van der Waals surface area contributed by atoms with Crippen LogP contribution in [0.25, 0.3) is 10.9 Å². The van der Waals surface area contributed by atoms with Crippen molar-refractivity contribution >= 4 is 16.6 Å². The highest BCUT2D eigenvalue weighted by Gasteiger charge is 2.18. The van der Waals surface area contributed by atoms with Crippen LogP contribution in [0.4, 0.5) is 5.69 Å². The summed E-state index contributed by atoms with van der Waals surface area (Å²) >= 11 is 0. The van der Waals surface area contributed by atoms with Crippen molar-refractivity contribution in [2.75, 3.05) is 5.73 Å². The topological polar surface area (TPSA) is 38.9 Å². The number of anilines is 1. The maximum atomic E-state index is 6.25. The highest BCUT2D eigenvalue weighted by molar-refractivity contribution is 5.94. The molecule has 0 saturated carbocycles. The summed E-state index contributed by atoms with van der Waals surface area (Å²) in [5, 5.41) is 1.13. The predicted molar refractivity (Wildman–Crippen MR) is 67.7 cm³/mol. The maximum Gasteiger partial charge on any atom is 0.0757 e. The largest absolute Gasteiger partial charge is 0.398 e. The molecule has 2 N–H and O–H groups in total. The molecular weight excluding hydrogens is 196 g/mol. The van der Waals surface area contributed by atoms with Gasteiger partial charge in [-0.2, -0.15) is 0 Å². The number of nitrogen functional groups attached to an aromatic ring is 1. The van der Waals surface area contributed by atoms with Crippen LogP contribution in [0.2, 0.25) is 0 Å². The Hall–Kier alpha value is -1.57. The lowest BCUT2D eigenvalue weighted by Gasteiger charge is -2.11. The zero-order chi connectivity index (χ0) is 11.3. The van der Waals surface area contributed by atoms with Crippen LogP contribution in [0.3, 0.4) is 0 Å². The van der Waals surface area contributed by atoms with Crippen molar-refractivity contribution in [3.63, 3.8) is 0 Å². The SMILES string of the molecule is Cc1ccc2c(N)c3c(nc2c1C)CCC3. The third kappa shape index (κ3) is 1.16. The van der Waals surface area contributed by atoms with E-state index < -0.39 is 0 Å². The minimum absolute atomic E-state index is 0.959. The Balaban J connectivity index is 2.46. The van der Waals surface area contributed by atoms with Gasteiger partial charge < -0.3 is 5.73 Å². The number of benzene rings is 1. The number of nitrogens with zero attached hydrogens (tertiary/aromatic N) is 1. The Morgan fingerprint density at radius 2 is 2.00 bits per heavy atom. The summed E-state index contributed by atoms with van der Waals surface area (Å²) in [5.74, 6) is 0. The van der Waals surface area contributed by atoms with Gasteiger partial charge in [-0.05, 0) is 49.8 Å². The van der Waals surface area contributed by atoms with E-state index in [4.69, 9.17) is 10.7 Å². The summed E-state index contributed by atoms with van der Waals surface area (Å²) in [5.41, 5.74) is 13.4. The highest BCUT2D eigenvalue weighted by atomic mass is 14.7. The van der Waals surface area contributed by atoms with Crippen molar-refractivity contribution < 1.29 is 0 Å². The molecule has 82 valence electrons. The van der Waals surface area contributed by atoms with Crippen molar-refractivity contribution in [3.8, 4) is 0 Å². The summed E-state index contributed by atoms with van der Waals surface area (Å²) in [4.78, 5) is 4.80. The zero-order valence-corrected chi connectivity index (χ0v) is 9.80. The quantitative estimate of drug-likeness (QED) is 0.729. The molecule has 3 rings (SSSR count). The minimum Gasteiger partial charge on any atom is -0.398 e. The standard InChI is InChI=1S/C14H16N2/c1-8-6-7-11-13(15)10-4-3-5-12(10)16-14(11)9(8)2/h6-7H,3-5H2,1-2H3,(H2,15,16). The number of hydrogen-bond donors (Lipinski definition) is 1. The molecule has 1 aliphatic rings. The molecule has 1 aromatic carbocycles. The summed E-state index contributed by atoms with van der Waals surface area (Å²) in [6, 6.07) is 4.25. The van der Waals surface area contributed by atoms with Crippen LogP contribution in [-0.4, -0.2) is 4.98 Å². The van der Waals surface area contributed by atoms with Crippen molar-refractivity contribution in [1.29, 1.82) is 0 Å². The van der Waals surface area contributed by atoms with E-state index in [1.54, 1.807) is 0 Å². The first kappa shape index (κ1) is 9.64. The second kappa shape index (κ2) is 3.21. The molecule has 0 amide bonds. The lowest BCUT2D eigenvalue weighted by molar-refractivity contribution is 0.901. The number of aromatic nitrogens is 1. The van der Waals surface area contributed by atoms with E-state index in [1.807, 2.05) is 0 Å². The van der Waals surface area contributed by atoms with Gasteiger partial charge >= 0.3 is 0 Å². The van der Waals surface area contributed by atoms with Gasteiger partial charge in [-0.3, -0.25) is 4.98 Å². The first-order valence-corrected chi connectivity index (χ1v) is 5.85. The molecule has 1 aromatic heterocycles. The number of rotatable bonds is 0. The van der Waals surface area contributed by atoms with Crippen LogP contribution in [0.5, 0.6) is 0 Å². The van der Waals surface area contributed by atoms with E-state index >= 15 is 0 Å². The number of fused-ring (bicyclic) bond motifs is 2.